The summed E-state index contributed by atoms with van der Waals surface area (Å²) in [6.45, 7) is 4.68. The molecule has 0 atom stereocenters. The Morgan fingerprint density at radius 2 is 1.84 bits per heavy atom. The first-order valence-corrected chi connectivity index (χ1v) is 12.4. The van der Waals surface area contributed by atoms with Crippen molar-refractivity contribution in [2.45, 2.75) is 57.5 Å². The third kappa shape index (κ3) is 6.40. The van der Waals surface area contributed by atoms with Crippen LogP contribution in [0.4, 0.5) is 4.79 Å². The number of fused-ring (bicyclic) bond motifs is 1. The van der Waals surface area contributed by atoms with Gasteiger partial charge in [-0.15, -0.1) is 11.3 Å². The predicted octanol–water partition coefficient (Wildman–Crippen LogP) is 3.35. The van der Waals surface area contributed by atoms with E-state index >= 15 is 0 Å². The molecule has 1 aromatic heterocycles. The minimum Gasteiger partial charge on any atom is -0.340 e. The lowest BCUT2D eigenvalue weighted by Crippen LogP contribution is -2.48. The number of para-hydroxylation sites is 1. The van der Waals surface area contributed by atoms with Crippen molar-refractivity contribution in [3.63, 3.8) is 0 Å². The third-order valence-corrected chi connectivity index (χ3v) is 7.24. The van der Waals surface area contributed by atoms with Crippen LogP contribution in [0.1, 0.15) is 50.0 Å². The molecule has 2 fully saturated rings. The molecule has 1 saturated heterocycles. The van der Waals surface area contributed by atoms with E-state index in [1.807, 2.05) is 17.0 Å². The lowest BCUT2D eigenvalue weighted by Gasteiger charge is -2.34. The summed E-state index contributed by atoms with van der Waals surface area (Å²) in [5, 5.41) is 7.08. The minimum absolute atomic E-state index is 0.0946. The number of nitrogens with zero attached hydrogens (tertiary/aromatic N) is 3. The summed E-state index contributed by atoms with van der Waals surface area (Å²) in [5.74, 6) is 0.189. The summed E-state index contributed by atoms with van der Waals surface area (Å²) >= 11 is 1.75. The molecular weight excluding hydrogens is 410 g/mol. The van der Waals surface area contributed by atoms with Crippen LogP contribution < -0.4 is 10.6 Å². The number of amides is 3. The Morgan fingerprint density at radius 1 is 1.06 bits per heavy atom. The molecule has 3 amide bonds. The van der Waals surface area contributed by atoms with E-state index in [1.54, 1.807) is 11.3 Å². The highest BCUT2D eigenvalue weighted by molar-refractivity contribution is 7.18. The fraction of sp³-hybridized carbons (Fsp3) is 0.609. The van der Waals surface area contributed by atoms with Crippen molar-refractivity contribution in [3.8, 4) is 0 Å². The lowest BCUT2D eigenvalue weighted by molar-refractivity contribution is -0.133. The Labute approximate surface area is 188 Å². The van der Waals surface area contributed by atoms with Crippen LogP contribution in [-0.2, 0) is 11.3 Å². The Kier molecular flexibility index (Phi) is 7.75. The van der Waals surface area contributed by atoms with Crippen LogP contribution in [0.2, 0.25) is 0 Å². The molecule has 1 saturated carbocycles. The van der Waals surface area contributed by atoms with Crippen molar-refractivity contribution < 1.29 is 9.59 Å². The molecule has 1 aliphatic carbocycles. The molecule has 0 spiro atoms. The lowest BCUT2D eigenvalue weighted by atomic mass is 9.96. The maximum absolute atomic E-state index is 12.5. The van der Waals surface area contributed by atoms with Gasteiger partial charge in [0.05, 0.1) is 16.8 Å². The molecule has 2 N–H and O–H groups in total. The standard InChI is InChI=1S/C23H33N5O2S/c29-22(11-6-12-24-23(30)25-18-7-2-1-3-8-18)28-15-13-27(14-16-28)17-21-26-19-9-4-5-10-20(19)31-21/h4-5,9-10,18H,1-3,6-8,11-17H2,(H2,24,25,30). The van der Waals surface area contributed by atoms with Crippen molar-refractivity contribution in [3.05, 3.63) is 29.3 Å². The summed E-state index contributed by atoms with van der Waals surface area (Å²) in [6.07, 6.45) is 7.01. The fourth-order valence-corrected chi connectivity index (χ4v) is 5.43. The van der Waals surface area contributed by atoms with Crippen LogP contribution >= 0.6 is 11.3 Å². The summed E-state index contributed by atoms with van der Waals surface area (Å²) in [6, 6.07) is 8.46. The van der Waals surface area contributed by atoms with E-state index in [-0.39, 0.29) is 11.9 Å². The second kappa shape index (κ2) is 10.9. The highest BCUT2D eigenvalue weighted by atomic mass is 32.1. The van der Waals surface area contributed by atoms with Crippen LogP contribution in [0.15, 0.2) is 24.3 Å². The van der Waals surface area contributed by atoms with Crippen LogP contribution in [0.25, 0.3) is 10.2 Å². The van der Waals surface area contributed by atoms with Crippen molar-refractivity contribution in [2.75, 3.05) is 32.7 Å². The zero-order valence-corrected chi connectivity index (χ0v) is 19.0. The van der Waals surface area contributed by atoms with Gasteiger partial charge in [-0.25, -0.2) is 9.78 Å². The fourth-order valence-electron chi connectivity index (χ4n) is 4.42. The van der Waals surface area contributed by atoms with Gasteiger partial charge < -0.3 is 15.5 Å². The number of piperazine rings is 1. The Balaban J connectivity index is 1.10. The maximum Gasteiger partial charge on any atom is 0.315 e. The number of hydrogen-bond donors (Lipinski definition) is 2. The monoisotopic (exact) mass is 443 g/mol. The van der Waals surface area contributed by atoms with Gasteiger partial charge in [0.2, 0.25) is 5.91 Å². The molecule has 7 nitrogen and oxygen atoms in total. The topological polar surface area (TPSA) is 77.6 Å². The highest BCUT2D eigenvalue weighted by Gasteiger charge is 2.22. The van der Waals surface area contributed by atoms with E-state index in [4.69, 9.17) is 4.98 Å². The number of carbonyl (C=O) groups is 2. The van der Waals surface area contributed by atoms with Gasteiger partial charge in [0, 0.05) is 45.2 Å². The van der Waals surface area contributed by atoms with Crippen LogP contribution in [0, 0.1) is 0 Å². The molecule has 168 valence electrons. The maximum atomic E-state index is 12.5. The number of benzene rings is 1. The SMILES string of the molecule is O=C(NCCCC(=O)N1CCN(Cc2nc3ccccc3s2)CC1)NC1CCCCC1. The molecule has 8 heteroatoms. The molecule has 2 aromatic rings. The first-order valence-electron chi connectivity index (χ1n) is 11.6. The molecule has 0 bridgehead atoms. The molecule has 1 aromatic carbocycles. The molecule has 2 heterocycles. The third-order valence-electron chi connectivity index (χ3n) is 6.22. The number of aromatic nitrogens is 1. The quantitative estimate of drug-likeness (QED) is 0.644. The van der Waals surface area contributed by atoms with E-state index in [0.29, 0.717) is 25.4 Å². The van der Waals surface area contributed by atoms with E-state index in [0.717, 1.165) is 56.1 Å². The first kappa shape index (κ1) is 22.0. The Bertz CT molecular complexity index is 839. The number of thiazole rings is 1. The average Bonchev–Trinajstić information content (AvgIpc) is 3.20. The minimum atomic E-state index is -0.0946. The van der Waals surface area contributed by atoms with Gasteiger partial charge in [-0.1, -0.05) is 31.4 Å². The number of nitrogens with one attached hydrogen (secondary N) is 2. The zero-order chi connectivity index (χ0) is 21.5. The number of urea groups is 1. The zero-order valence-electron chi connectivity index (χ0n) is 18.1. The smallest absolute Gasteiger partial charge is 0.315 e. The second-order valence-corrected chi connectivity index (χ2v) is 9.69. The van der Waals surface area contributed by atoms with Crippen molar-refractivity contribution in [1.82, 2.24) is 25.4 Å². The van der Waals surface area contributed by atoms with Gasteiger partial charge in [0.25, 0.3) is 0 Å². The highest BCUT2D eigenvalue weighted by Crippen LogP contribution is 2.23. The Hall–Kier alpha value is -2.19. The van der Waals surface area contributed by atoms with Gasteiger partial charge >= 0.3 is 6.03 Å². The number of rotatable bonds is 7. The van der Waals surface area contributed by atoms with Gasteiger partial charge in [-0.05, 0) is 31.4 Å². The Morgan fingerprint density at radius 3 is 2.61 bits per heavy atom. The van der Waals surface area contributed by atoms with E-state index in [9.17, 15) is 9.59 Å². The normalized spacial score (nSPS) is 18.3. The molecule has 2 aliphatic rings. The van der Waals surface area contributed by atoms with Gasteiger partial charge in [0.15, 0.2) is 0 Å². The van der Waals surface area contributed by atoms with Crippen molar-refractivity contribution in [2.24, 2.45) is 0 Å². The van der Waals surface area contributed by atoms with E-state index in [2.05, 4.69) is 27.7 Å². The number of hydrogen-bond acceptors (Lipinski definition) is 5. The molecule has 4 rings (SSSR count). The van der Waals surface area contributed by atoms with E-state index < -0.39 is 0 Å². The summed E-state index contributed by atoms with van der Waals surface area (Å²) in [4.78, 5) is 33.5. The van der Waals surface area contributed by atoms with Crippen LogP contribution in [0.3, 0.4) is 0 Å². The van der Waals surface area contributed by atoms with Crippen molar-refractivity contribution in [1.29, 1.82) is 0 Å². The predicted molar refractivity (Wildman–Crippen MR) is 124 cm³/mol. The first-order chi connectivity index (χ1) is 15.2. The molecule has 0 unspecified atom stereocenters. The largest absolute Gasteiger partial charge is 0.340 e. The van der Waals surface area contributed by atoms with Gasteiger partial charge in [-0.3, -0.25) is 9.69 Å². The van der Waals surface area contributed by atoms with Gasteiger partial charge in [-0.2, -0.15) is 0 Å². The summed E-state index contributed by atoms with van der Waals surface area (Å²) in [5.41, 5.74) is 1.07. The molecule has 0 radical (unpaired) electrons. The van der Waals surface area contributed by atoms with Gasteiger partial charge in [0.1, 0.15) is 5.01 Å². The van der Waals surface area contributed by atoms with Crippen LogP contribution in [-0.4, -0.2) is 65.5 Å². The average molecular weight is 444 g/mol. The van der Waals surface area contributed by atoms with Crippen LogP contribution in [0.5, 0.6) is 0 Å². The van der Waals surface area contributed by atoms with E-state index in [1.165, 1.54) is 24.0 Å². The molecular formula is C23H33N5O2S. The number of carbonyl (C=O) groups excluding carboxylic acids is 2. The second-order valence-electron chi connectivity index (χ2n) is 8.57. The summed E-state index contributed by atoms with van der Waals surface area (Å²) in [7, 11) is 0. The van der Waals surface area contributed by atoms with Crippen molar-refractivity contribution >= 4 is 33.5 Å². The summed E-state index contributed by atoms with van der Waals surface area (Å²) < 4.78 is 1.23. The molecule has 1 aliphatic heterocycles. The molecule has 31 heavy (non-hydrogen) atoms.